The highest BCUT2D eigenvalue weighted by Gasteiger charge is 2.28. The first-order chi connectivity index (χ1) is 13.1. The number of methoxy groups -OCH3 is 1. The Morgan fingerprint density at radius 2 is 1.96 bits per heavy atom. The number of hydrogen-bond donors (Lipinski definition) is 1. The lowest BCUT2D eigenvalue weighted by molar-refractivity contribution is 0.0770. The molecule has 0 saturated carbocycles. The number of amides is 1. The largest absolute Gasteiger partial charge is 0.457 e. The van der Waals surface area contributed by atoms with Gasteiger partial charge in [0.25, 0.3) is 5.91 Å². The Morgan fingerprint density at radius 1 is 1.22 bits per heavy atom. The summed E-state index contributed by atoms with van der Waals surface area (Å²) in [5.41, 5.74) is 6.71. The first-order valence-electron chi connectivity index (χ1n) is 9.15. The van der Waals surface area contributed by atoms with E-state index in [4.69, 9.17) is 15.2 Å². The minimum atomic E-state index is -0.541. The molecule has 1 aliphatic rings. The maximum atomic E-state index is 14.3. The standard InChI is InChI=1S/C21H25FN2O3/c1-26-14-16-9-11-24(13-16)21(25)19-12-18(6-7-20(19)22)27-17-4-2-15(3-5-17)8-10-23/h2-7,12,16H,8-11,13-14,23H2,1H3. The molecule has 1 saturated heterocycles. The van der Waals surface area contributed by atoms with Gasteiger partial charge in [-0.05, 0) is 55.3 Å². The van der Waals surface area contributed by atoms with Crippen LogP contribution >= 0.6 is 0 Å². The van der Waals surface area contributed by atoms with Crippen molar-refractivity contribution in [1.29, 1.82) is 0 Å². The molecule has 5 nitrogen and oxygen atoms in total. The van der Waals surface area contributed by atoms with Crippen LogP contribution in [0.15, 0.2) is 42.5 Å². The van der Waals surface area contributed by atoms with Gasteiger partial charge in [-0.25, -0.2) is 4.39 Å². The highest BCUT2D eigenvalue weighted by Crippen LogP contribution is 2.26. The number of halogens is 1. The quantitative estimate of drug-likeness (QED) is 0.810. The van der Waals surface area contributed by atoms with Crippen molar-refractivity contribution >= 4 is 5.91 Å². The molecule has 0 spiro atoms. The molecule has 0 aromatic heterocycles. The molecule has 1 atom stereocenters. The number of benzene rings is 2. The second kappa shape index (κ2) is 8.97. The third-order valence-corrected chi connectivity index (χ3v) is 4.74. The van der Waals surface area contributed by atoms with E-state index in [1.54, 1.807) is 12.0 Å². The Kier molecular flexibility index (Phi) is 6.42. The van der Waals surface area contributed by atoms with Crippen molar-refractivity contribution in [2.75, 3.05) is 33.4 Å². The first-order valence-corrected chi connectivity index (χ1v) is 9.15. The number of nitrogens with two attached hydrogens (primary N) is 1. The second-order valence-electron chi connectivity index (χ2n) is 6.79. The Hall–Kier alpha value is -2.44. The third-order valence-electron chi connectivity index (χ3n) is 4.74. The zero-order chi connectivity index (χ0) is 19.2. The van der Waals surface area contributed by atoms with E-state index in [1.807, 2.05) is 24.3 Å². The van der Waals surface area contributed by atoms with E-state index in [1.165, 1.54) is 18.2 Å². The van der Waals surface area contributed by atoms with Crippen LogP contribution in [-0.2, 0) is 11.2 Å². The Labute approximate surface area is 158 Å². The first kappa shape index (κ1) is 19.3. The van der Waals surface area contributed by atoms with Gasteiger partial charge in [0.2, 0.25) is 0 Å². The summed E-state index contributed by atoms with van der Waals surface area (Å²) in [7, 11) is 1.65. The fourth-order valence-corrected chi connectivity index (χ4v) is 3.32. The monoisotopic (exact) mass is 372 g/mol. The van der Waals surface area contributed by atoms with Gasteiger partial charge in [0.15, 0.2) is 0 Å². The predicted octanol–water partition coefficient (Wildman–Crippen LogP) is 3.23. The van der Waals surface area contributed by atoms with E-state index in [-0.39, 0.29) is 11.5 Å². The van der Waals surface area contributed by atoms with E-state index in [0.717, 1.165) is 18.4 Å². The SMILES string of the molecule is COCC1CCN(C(=O)c2cc(Oc3ccc(CCN)cc3)ccc2F)C1. The van der Waals surface area contributed by atoms with Gasteiger partial charge in [0.1, 0.15) is 17.3 Å². The molecule has 3 rings (SSSR count). The lowest BCUT2D eigenvalue weighted by atomic mass is 10.1. The summed E-state index contributed by atoms with van der Waals surface area (Å²) in [5, 5.41) is 0. The zero-order valence-corrected chi connectivity index (χ0v) is 15.5. The molecule has 1 unspecified atom stereocenters. The molecule has 0 bridgehead atoms. The van der Waals surface area contributed by atoms with Gasteiger partial charge in [0, 0.05) is 26.1 Å². The van der Waals surface area contributed by atoms with Crippen molar-refractivity contribution in [3.05, 3.63) is 59.4 Å². The van der Waals surface area contributed by atoms with Crippen LogP contribution in [0.3, 0.4) is 0 Å². The molecular weight excluding hydrogens is 347 g/mol. The number of rotatable bonds is 7. The summed E-state index contributed by atoms with van der Waals surface area (Å²) < 4.78 is 25.2. The minimum Gasteiger partial charge on any atom is -0.457 e. The van der Waals surface area contributed by atoms with Gasteiger partial charge in [-0.1, -0.05) is 12.1 Å². The van der Waals surface area contributed by atoms with Crippen molar-refractivity contribution in [3.8, 4) is 11.5 Å². The van der Waals surface area contributed by atoms with Crippen LogP contribution in [-0.4, -0.2) is 44.2 Å². The molecule has 2 aromatic rings. The van der Waals surface area contributed by atoms with Gasteiger partial charge >= 0.3 is 0 Å². The lowest BCUT2D eigenvalue weighted by Crippen LogP contribution is -2.30. The molecule has 1 amide bonds. The summed E-state index contributed by atoms with van der Waals surface area (Å²) in [4.78, 5) is 14.4. The van der Waals surface area contributed by atoms with Crippen LogP contribution in [0.4, 0.5) is 4.39 Å². The molecule has 2 N–H and O–H groups in total. The van der Waals surface area contributed by atoms with Crippen molar-refractivity contribution in [2.45, 2.75) is 12.8 Å². The zero-order valence-electron chi connectivity index (χ0n) is 15.5. The number of carbonyl (C=O) groups excluding carboxylic acids is 1. The lowest BCUT2D eigenvalue weighted by Gasteiger charge is -2.17. The van der Waals surface area contributed by atoms with Gasteiger partial charge in [-0.15, -0.1) is 0 Å². The number of likely N-dealkylation sites (tertiary alicyclic amines) is 1. The highest BCUT2D eigenvalue weighted by molar-refractivity contribution is 5.95. The summed E-state index contributed by atoms with van der Waals surface area (Å²) in [6.07, 6.45) is 1.67. The van der Waals surface area contributed by atoms with Crippen LogP contribution in [0.2, 0.25) is 0 Å². The summed E-state index contributed by atoms with van der Waals surface area (Å²) in [6, 6.07) is 11.8. The van der Waals surface area contributed by atoms with Crippen molar-refractivity contribution in [3.63, 3.8) is 0 Å². The van der Waals surface area contributed by atoms with Crippen LogP contribution in [0.1, 0.15) is 22.3 Å². The topological polar surface area (TPSA) is 64.8 Å². The fraction of sp³-hybridized carbons (Fsp3) is 0.381. The number of carbonyl (C=O) groups is 1. The van der Waals surface area contributed by atoms with Crippen molar-refractivity contribution in [1.82, 2.24) is 4.90 Å². The number of nitrogens with zero attached hydrogens (tertiary/aromatic N) is 1. The van der Waals surface area contributed by atoms with Crippen LogP contribution in [0, 0.1) is 11.7 Å². The molecule has 2 aromatic carbocycles. The molecule has 1 aliphatic heterocycles. The van der Waals surface area contributed by atoms with Gasteiger partial charge < -0.3 is 20.1 Å². The number of hydrogen-bond acceptors (Lipinski definition) is 4. The van der Waals surface area contributed by atoms with E-state index in [2.05, 4.69) is 0 Å². The minimum absolute atomic E-state index is 0.0327. The normalized spacial score (nSPS) is 16.6. The maximum absolute atomic E-state index is 14.3. The van der Waals surface area contributed by atoms with Crippen LogP contribution in [0.5, 0.6) is 11.5 Å². The smallest absolute Gasteiger partial charge is 0.256 e. The van der Waals surface area contributed by atoms with Gasteiger partial charge in [0.05, 0.1) is 12.2 Å². The molecule has 0 radical (unpaired) electrons. The second-order valence-corrected chi connectivity index (χ2v) is 6.79. The van der Waals surface area contributed by atoms with Crippen molar-refractivity contribution < 1.29 is 18.7 Å². The fourth-order valence-electron chi connectivity index (χ4n) is 3.32. The molecule has 27 heavy (non-hydrogen) atoms. The van der Waals surface area contributed by atoms with E-state index in [0.29, 0.717) is 43.7 Å². The maximum Gasteiger partial charge on any atom is 0.256 e. The predicted molar refractivity (Wildman–Crippen MR) is 102 cm³/mol. The Bertz CT molecular complexity index is 779. The number of ether oxygens (including phenoxy) is 2. The molecule has 1 fully saturated rings. The van der Waals surface area contributed by atoms with E-state index in [9.17, 15) is 9.18 Å². The van der Waals surface area contributed by atoms with E-state index < -0.39 is 5.82 Å². The summed E-state index contributed by atoms with van der Waals surface area (Å²) in [5.74, 6) is 0.505. The van der Waals surface area contributed by atoms with Crippen LogP contribution in [0.25, 0.3) is 0 Å². The molecule has 6 heteroatoms. The van der Waals surface area contributed by atoms with E-state index >= 15 is 0 Å². The van der Waals surface area contributed by atoms with Gasteiger partial charge in [-0.2, -0.15) is 0 Å². The van der Waals surface area contributed by atoms with Gasteiger partial charge in [-0.3, -0.25) is 4.79 Å². The average molecular weight is 372 g/mol. The Balaban J connectivity index is 1.71. The Morgan fingerprint density at radius 3 is 2.67 bits per heavy atom. The third kappa shape index (κ3) is 4.84. The molecular formula is C21H25FN2O3. The molecule has 0 aliphatic carbocycles. The highest BCUT2D eigenvalue weighted by atomic mass is 19.1. The molecule has 144 valence electrons. The molecule has 1 heterocycles. The summed E-state index contributed by atoms with van der Waals surface area (Å²) >= 11 is 0. The van der Waals surface area contributed by atoms with Crippen molar-refractivity contribution in [2.24, 2.45) is 11.7 Å². The van der Waals surface area contributed by atoms with Crippen LogP contribution < -0.4 is 10.5 Å². The average Bonchev–Trinajstić information content (AvgIpc) is 3.13. The summed E-state index contributed by atoms with van der Waals surface area (Å²) in [6.45, 7) is 2.39.